The number of thiazole rings is 1. The first-order valence-corrected chi connectivity index (χ1v) is 9.99. The summed E-state index contributed by atoms with van der Waals surface area (Å²) >= 11 is 1.48. The fourth-order valence-electron chi connectivity index (χ4n) is 3.35. The molecule has 0 atom stereocenters. The molecule has 0 bridgehead atoms. The van der Waals surface area contributed by atoms with Crippen LogP contribution in [0.3, 0.4) is 0 Å². The molecule has 1 heterocycles. The molecule has 4 rings (SSSR count). The number of hydrogen-bond donors (Lipinski definition) is 1. The molecule has 29 heavy (non-hydrogen) atoms. The number of hydrogen-bond acceptors (Lipinski definition) is 4. The van der Waals surface area contributed by atoms with Gasteiger partial charge in [-0.2, -0.15) is 0 Å². The summed E-state index contributed by atoms with van der Waals surface area (Å²) in [5, 5.41) is 12.5. The smallest absolute Gasteiger partial charge is 0.336 e. The van der Waals surface area contributed by atoms with Crippen LogP contribution in [0.4, 0.5) is 0 Å². The number of benzene rings is 3. The van der Waals surface area contributed by atoms with Gasteiger partial charge in [-0.1, -0.05) is 48.5 Å². The zero-order valence-electron chi connectivity index (χ0n) is 16.0. The lowest BCUT2D eigenvalue weighted by Crippen LogP contribution is -2.01. The number of aromatic nitrogens is 1. The van der Waals surface area contributed by atoms with E-state index in [0.29, 0.717) is 5.56 Å². The molecular formula is C24H19NO3S. The summed E-state index contributed by atoms with van der Waals surface area (Å²) in [4.78, 5) is 16.7. The van der Waals surface area contributed by atoms with Crippen molar-refractivity contribution in [2.45, 2.75) is 6.92 Å². The van der Waals surface area contributed by atoms with Crippen LogP contribution in [0.5, 0.6) is 5.75 Å². The summed E-state index contributed by atoms with van der Waals surface area (Å²) in [5.41, 5.74) is 5.44. The summed E-state index contributed by atoms with van der Waals surface area (Å²) in [6.45, 7) is 1.98. The number of nitrogens with zero attached hydrogens (tertiary/aromatic N) is 1. The molecule has 3 aromatic carbocycles. The number of carboxylic acids is 1. The number of para-hydroxylation sites is 1. The van der Waals surface area contributed by atoms with Crippen LogP contribution < -0.4 is 4.74 Å². The second kappa shape index (κ2) is 7.89. The molecular weight excluding hydrogens is 382 g/mol. The lowest BCUT2D eigenvalue weighted by molar-refractivity contribution is 0.0698. The molecule has 0 saturated carbocycles. The van der Waals surface area contributed by atoms with Gasteiger partial charge in [-0.25, -0.2) is 9.78 Å². The van der Waals surface area contributed by atoms with Crippen molar-refractivity contribution >= 4 is 17.3 Å². The van der Waals surface area contributed by atoms with Crippen LogP contribution in [0.2, 0.25) is 0 Å². The third-order valence-electron chi connectivity index (χ3n) is 4.82. The molecule has 0 spiro atoms. The van der Waals surface area contributed by atoms with E-state index in [0.717, 1.165) is 38.7 Å². The van der Waals surface area contributed by atoms with Gasteiger partial charge in [0, 0.05) is 16.5 Å². The maximum absolute atomic E-state index is 12.0. The van der Waals surface area contributed by atoms with Crippen molar-refractivity contribution in [2.75, 3.05) is 7.11 Å². The van der Waals surface area contributed by atoms with Crippen molar-refractivity contribution in [3.8, 4) is 38.7 Å². The molecule has 4 nitrogen and oxygen atoms in total. The molecule has 5 heteroatoms. The third kappa shape index (κ3) is 3.65. The van der Waals surface area contributed by atoms with Crippen LogP contribution in [-0.4, -0.2) is 23.2 Å². The first-order chi connectivity index (χ1) is 14.1. The topological polar surface area (TPSA) is 59.4 Å². The number of carbonyl (C=O) groups is 1. The quantitative estimate of drug-likeness (QED) is 0.435. The summed E-state index contributed by atoms with van der Waals surface area (Å²) < 4.78 is 5.43. The average Bonchev–Trinajstić information content (AvgIpc) is 3.24. The van der Waals surface area contributed by atoms with E-state index in [4.69, 9.17) is 9.72 Å². The lowest BCUT2D eigenvalue weighted by Gasteiger charge is -2.10. The monoisotopic (exact) mass is 401 g/mol. The Morgan fingerprint density at radius 3 is 2.41 bits per heavy atom. The number of rotatable bonds is 5. The van der Waals surface area contributed by atoms with Crippen molar-refractivity contribution in [3.05, 3.63) is 83.2 Å². The van der Waals surface area contributed by atoms with Gasteiger partial charge in [-0.15, -0.1) is 11.3 Å². The highest BCUT2D eigenvalue weighted by atomic mass is 32.1. The van der Waals surface area contributed by atoms with E-state index < -0.39 is 5.97 Å². The minimum Gasteiger partial charge on any atom is -0.496 e. The highest BCUT2D eigenvalue weighted by Crippen LogP contribution is 2.36. The van der Waals surface area contributed by atoms with Gasteiger partial charge in [-0.05, 0) is 41.8 Å². The summed E-state index contributed by atoms with van der Waals surface area (Å²) in [6.07, 6.45) is 0. The molecule has 0 aliphatic heterocycles. The predicted octanol–water partition coefficient (Wildman–Crippen LogP) is 6.16. The van der Waals surface area contributed by atoms with Gasteiger partial charge in [0.15, 0.2) is 0 Å². The van der Waals surface area contributed by atoms with Gasteiger partial charge in [0.2, 0.25) is 0 Å². The Morgan fingerprint density at radius 2 is 1.69 bits per heavy atom. The van der Waals surface area contributed by atoms with E-state index in [1.807, 2.05) is 73.0 Å². The van der Waals surface area contributed by atoms with Gasteiger partial charge >= 0.3 is 5.97 Å². The van der Waals surface area contributed by atoms with Crippen molar-refractivity contribution in [2.24, 2.45) is 0 Å². The number of methoxy groups -OCH3 is 1. The van der Waals surface area contributed by atoms with Gasteiger partial charge < -0.3 is 9.84 Å². The minimum absolute atomic E-state index is 0.269. The Bertz CT molecular complexity index is 1200. The van der Waals surface area contributed by atoms with Crippen LogP contribution in [0, 0.1) is 6.92 Å². The van der Waals surface area contributed by atoms with Crippen LogP contribution in [0.15, 0.2) is 72.1 Å². The minimum atomic E-state index is -0.952. The molecule has 0 radical (unpaired) electrons. The van der Waals surface area contributed by atoms with Gasteiger partial charge in [0.25, 0.3) is 0 Å². The van der Waals surface area contributed by atoms with E-state index in [2.05, 4.69) is 0 Å². The molecule has 4 aromatic rings. The lowest BCUT2D eigenvalue weighted by atomic mass is 9.94. The summed E-state index contributed by atoms with van der Waals surface area (Å²) in [6, 6.07) is 21.0. The van der Waals surface area contributed by atoms with Gasteiger partial charge in [0.1, 0.15) is 10.8 Å². The summed E-state index contributed by atoms with van der Waals surface area (Å²) in [7, 11) is 1.63. The normalized spacial score (nSPS) is 10.7. The molecule has 1 N–H and O–H groups in total. The molecule has 0 saturated heterocycles. The molecule has 144 valence electrons. The Balaban J connectivity index is 1.77. The average molecular weight is 401 g/mol. The number of carboxylic acid groups (broad SMARTS) is 1. The van der Waals surface area contributed by atoms with Crippen molar-refractivity contribution < 1.29 is 14.6 Å². The number of ether oxygens (including phenoxy) is 1. The van der Waals surface area contributed by atoms with Crippen LogP contribution in [0.1, 0.15) is 15.9 Å². The maximum atomic E-state index is 12.0. The Kier molecular flexibility index (Phi) is 5.14. The first-order valence-electron chi connectivity index (χ1n) is 9.11. The van der Waals surface area contributed by atoms with Crippen LogP contribution >= 0.6 is 11.3 Å². The molecule has 0 unspecified atom stereocenters. The predicted molar refractivity (Wildman–Crippen MR) is 117 cm³/mol. The highest BCUT2D eigenvalue weighted by Gasteiger charge is 2.17. The fraction of sp³-hybridized carbons (Fsp3) is 0.0833. The van der Waals surface area contributed by atoms with Gasteiger partial charge in [0.05, 0.1) is 18.4 Å². The number of aromatic carboxylic acids is 1. The molecule has 0 amide bonds. The second-order valence-electron chi connectivity index (χ2n) is 6.62. The van der Waals surface area contributed by atoms with E-state index in [-0.39, 0.29) is 5.56 Å². The van der Waals surface area contributed by atoms with E-state index >= 15 is 0 Å². The summed E-state index contributed by atoms with van der Waals surface area (Å²) in [5.74, 6) is -0.197. The zero-order valence-corrected chi connectivity index (χ0v) is 16.9. The standard InChI is InChI=1S/C24H19NO3S/c1-15-7-3-4-8-17(15)18-12-11-16(13-20(18)24(26)27)23-25-21(14-29-23)19-9-5-6-10-22(19)28-2/h3-14H,1-2H3,(H,26,27). The third-order valence-corrected chi connectivity index (χ3v) is 5.71. The zero-order chi connectivity index (χ0) is 20.4. The van der Waals surface area contributed by atoms with Crippen molar-refractivity contribution in [1.29, 1.82) is 0 Å². The maximum Gasteiger partial charge on any atom is 0.336 e. The van der Waals surface area contributed by atoms with Crippen molar-refractivity contribution in [3.63, 3.8) is 0 Å². The number of aryl methyl sites for hydroxylation is 1. The van der Waals surface area contributed by atoms with E-state index in [1.165, 1.54) is 11.3 Å². The highest BCUT2D eigenvalue weighted by molar-refractivity contribution is 7.13. The van der Waals surface area contributed by atoms with Gasteiger partial charge in [-0.3, -0.25) is 0 Å². The fourth-order valence-corrected chi connectivity index (χ4v) is 4.17. The van der Waals surface area contributed by atoms with Crippen LogP contribution in [-0.2, 0) is 0 Å². The van der Waals surface area contributed by atoms with Crippen molar-refractivity contribution in [1.82, 2.24) is 4.98 Å². The Morgan fingerprint density at radius 1 is 0.966 bits per heavy atom. The first kappa shape index (κ1) is 18.9. The Hall–Kier alpha value is -3.44. The Labute approximate surface area is 173 Å². The molecule has 1 aromatic heterocycles. The molecule has 0 fully saturated rings. The molecule has 0 aliphatic rings. The SMILES string of the molecule is COc1ccccc1-c1csc(-c2ccc(-c3ccccc3C)c(C(=O)O)c2)n1. The van der Waals surface area contributed by atoms with E-state index in [9.17, 15) is 9.90 Å². The van der Waals surface area contributed by atoms with Crippen LogP contribution in [0.25, 0.3) is 33.0 Å². The molecule has 0 aliphatic carbocycles. The van der Waals surface area contributed by atoms with E-state index in [1.54, 1.807) is 13.2 Å². The largest absolute Gasteiger partial charge is 0.496 e. The second-order valence-corrected chi connectivity index (χ2v) is 7.48.